The lowest BCUT2D eigenvalue weighted by Gasteiger charge is -2.38. The highest BCUT2D eigenvalue weighted by molar-refractivity contribution is 5.33. The average Bonchev–Trinajstić information content (AvgIpc) is 2.15. The highest BCUT2D eigenvalue weighted by Crippen LogP contribution is 2.28. The summed E-state index contributed by atoms with van der Waals surface area (Å²) in [5, 5.41) is 13.4. The average molecular weight is 191 g/mol. The molecule has 76 valence electrons. The number of nitrogens with one attached hydrogen (secondary N) is 1. The summed E-state index contributed by atoms with van der Waals surface area (Å²) in [4.78, 5) is 0. The van der Waals surface area contributed by atoms with Crippen molar-refractivity contribution in [2.45, 2.75) is 31.4 Å². The van der Waals surface area contributed by atoms with Crippen molar-refractivity contribution in [3.63, 3.8) is 0 Å². The van der Waals surface area contributed by atoms with Crippen molar-refractivity contribution in [1.82, 2.24) is 5.32 Å². The first-order valence-corrected chi connectivity index (χ1v) is 5.10. The maximum absolute atomic E-state index is 10.2. The van der Waals surface area contributed by atoms with E-state index in [9.17, 15) is 5.11 Å². The van der Waals surface area contributed by atoms with Gasteiger partial charge in [-0.25, -0.2) is 0 Å². The minimum Gasteiger partial charge on any atom is -0.388 e. The molecule has 1 aliphatic rings. The fourth-order valence-electron chi connectivity index (χ4n) is 2.29. The van der Waals surface area contributed by atoms with Crippen molar-refractivity contribution in [2.75, 3.05) is 7.05 Å². The van der Waals surface area contributed by atoms with Crippen LogP contribution in [0.5, 0.6) is 0 Å². The van der Waals surface area contributed by atoms with E-state index in [1.807, 2.05) is 20.0 Å². The SMILES string of the molecule is CNC1Cc2ccccc2CC1(C)O. The van der Waals surface area contributed by atoms with Gasteiger partial charge in [0.25, 0.3) is 0 Å². The van der Waals surface area contributed by atoms with Crippen LogP contribution in [0.1, 0.15) is 18.1 Å². The lowest BCUT2D eigenvalue weighted by atomic mass is 9.78. The lowest BCUT2D eigenvalue weighted by molar-refractivity contribution is 0.0161. The third-order valence-electron chi connectivity index (χ3n) is 3.19. The number of aliphatic hydroxyl groups is 1. The minimum absolute atomic E-state index is 0.164. The minimum atomic E-state index is -0.622. The number of benzene rings is 1. The summed E-state index contributed by atoms with van der Waals surface area (Å²) in [7, 11) is 1.91. The van der Waals surface area contributed by atoms with Crippen LogP contribution in [0, 0.1) is 0 Å². The molecule has 2 N–H and O–H groups in total. The first-order chi connectivity index (χ1) is 6.63. The first-order valence-electron chi connectivity index (χ1n) is 5.10. The van der Waals surface area contributed by atoms with Crippen molar-refractivity contribution in [3.8, 4) is 0 Å². The van der Waals surface area contributed by atoms with Crippen LogP contribution >= 0.6 is 0 Å². The van der Waals surface area contributed by atoms with Crippen molar-refractivity contribution in [2.24, 2.45) is 0 Å². The molecule has 2 rings (SSSR count). The van der Waals surface area contributed by atoms with E-state index in [0.29, 0.717) is 0 Å². The Morgan fingerprint density at radius 1 is 1.36 bits per heavy atom. The Labute approximate surface area is 85.0 Å². The number of likely N-dealkylation sites (N-methyl/N-ethyl adjacent to an activating group) is 1. The molecule has 2 atom stereocenters. The van der Waals surface area contributed by atoms with Crippen LogP contribution in [0.15, 0.2) is 24.3 Å². The van der Waals surface area contributed by atoms with Crippen LogP contribution in [0.3, 0.4) is 0 Å². The van der Waals surface area contributed by atoms with E-state index in [2.05, 4.69) is 23.5 Å². The predicted octanol–water partition coefficient (Wildman–Crippen LogP) is 1.12. The molecule has 2 unspecified atom stereocenters. The Morgan fingerprint density at radius 2 is 2.00 bits per heavy atom. The van der Waals surface area contributed by atoms with Gasteiger partial charge in [0.15, 0.2) is 0 Å². The van der Waals surface area contributed by atoms with E-state index < -0.39 is 5.60 Å². The highest BCUT2D eigenvalue weighted by Gasteiger charge is 2.35. The lowest BCUT2D eigenvalue weighted by Crippen LogP contribution is -2.52. The van der Waals surface area contributed by atoms with Crippen molar-refractivity contribution in [3.05, 3.63) is 35.4 Å². The predicted molar refractivity (Wildman–Crippen MR) is 57.3 cm³/mol. The quantitative estimate of drug-likeness (QED) is 0.697. The topological polar surface area (TPSA) is 32.3 Å². The summed E-state index contributed by atoms with van der Waals surface area (Å²) in [6.07, 6.45) is 1.66. The Bertz CT molecular complexity index is 333. The van der Waals surface area contributed by atoms with Crippen molar-refractivity contribution in [1.29, 1.82) is 0 Å². The molecule has 1 aliphatic carbocycles. The van der Waals surface area contributed by atoms with E-state index in [-0.39, 0.29) is 6.04 Å². The molecule has 14 heavy (non-hydrogen) atoms. The Morgan fingerprint density at radius 3 is 2.64 bits per heavy atom. The van der Waals surface area contributed by atoms with Crippen molar-refractivity contribution < 1.29 is 5.11 Å². The maximum Gasteiger partial charge on any atom is 0.0815 e. The Kier molecular flexibility index (Phi) is 2.33. The van der Waals surface area contributed by atoms with Gasteiger partial charge >= 0.3 is 0 Å². The summed E-state index contributed by atoms with van der Waals surface area (Å²) in [5.74, 6) is 0. The molecule has 2 nitrogen and oxygen atoms in total. The molecule has 0 saturated heterocycles. The number of fused-ring (bicyclic) bond motifs is 1. The van der Waals surface area contributed by atoms with Crippen LogP contribution in [0.25, 0.3) is 0 Å². The second-order valence-corrected chi connectivity index (χ2v) is 4.35. The number of hydrogen-bond acceptors (Lipinski definition) is 2. The van der Waals surface area contributed by atoms with E-state index in [1.165, 1.54) is 11.1 Å². The maximum atomic E-state index is 10.2. The van der Waals surface area contributed by atoms with Crippen molar-refractivity contribution >= 4 is 0 Å². The fraction of sp³-hybridized carbons (Fsp3) is 0.500. The molecule has 0 fully saturated rings. The van der Waals surface area contributed by atoms with Crippen LogP contribution < -0.4 is 5.32 Å². The molecule has 0 saturated carbocycles. The summed E-state index contributed by atoms with van der Waals surface area (Å²) < 4.78 is 0. The van der Waals surface area contributed by atoms with Crippen LogP contribution in [0.4, 0.5) is 0 Å². The third kappa shape index (κ3) is 1.56. The molecule has 2 heteroatoms. The van der Waals surface area contributed by atoms with Gasteiger partial charge in [-0.05, 0) is 31.5 Å². The molecular weight excluding hydrogens is 174 g/mol. The standard InChI is InChI=1S/C12H17NO/c1-12(14)8-10-6-4-3-5-9(10)7-11(12)13-2/h3-6,11,13-14H,7-8H2,1-2H3. The highest BCUT2D eigenvalue weighted by atomic mass is 16.3. The smallest absolute Gasteiger partial charge is 0.0815 e. The van der Waals surface area contributed by atoms with Gasteiger partial charge in [0.05, 0.1) is 5.60 Å². The van der Waals surface area contributed by atoms with E-state index in [4.69, 9.17) is 0 Å². The molecule has 0 heterocycles. The summed E-state index contributed by atoms with van der Waals surface area (Å²) in [5.41, 5.74) is 2.02. The summed E-state index contributed by atoms with van der Waals surface area (Å²) in [6.45, 7) is 1.91. The van der Waals surface area contributed by atoms with Gasteiger partial charge in [-0.1, -0.05) is 24.3 Å². The van der Waals surface area contributed by atoms with Gasteiger partial charge < -0.3 is 10.4 Å². The molecule has 0 bridgehead atoms. The molecule has 0 amide bonds. The molecule has 0 spiro atoms. The monoisotopic (exact) mass is 191 g/mol. The molecule has 1 aromatic rings. The molecule has 1 aromatic carbocycles. The Hall–Kier alpha value is -0.860. The molecule has 0 radical (unpaired) electrons. The molecule has 0 aliphatic heterocycles. The van der Waals surface area contributed by atoms with Crippen LogP contribution in [0.2, 0.25) is 0 Å². The van der Waals surface area contributed by atoms with Crippen LogP contribution in [-0.4, -0.2) is 23.8 Å². The fourth-order valence-corrected chi connectivity index (χ4v) is 2.29. The molecule has 0 aromatic heterocycles. The van der Waals surface area contributed by atoms with Gasteiger partial charge in [0.2, 0.25) is 0 Å². The van der Waals surface area contributed by atoms with Gasteiger partial charge in [-0.2, -0.15) is 0 Å². The van der Waals surface area contributed by atoms with E-state index in [1.54, 1.807) is 0 Å². The molecular formula is C12H17NO. The first kappa shape index (κ1) is 9.69. The largest absolute Gasteiger partial charge is 0.388 e. The van der Waals surface area contributed by atoms with E-state index >= 15 is 0 Å². The second kappa shape index (κ2) is 3.37. The van der Waals surface area contributed by atoms with Gasteiger partial charge in [0, 0.05) is 12.5 Å². The summed E-state index contributed by atoms with van der Waals surface area (Å²) >= 11 is 0. The Balaban J connectivity index is 2.35. The zero-order valence-electron chi connectivity index (χ0n) is 8.75. The normalized spacial score (nSPS) is 31.2. The number of rotatable bonds is 1. The zero-order valence-corrected chi connectivity index (χ0v) is 8.75. The van der Waals surface area contributed by atoms with Gasteiger partial charge in [-0.3, -0.25) is 0 Å². The zero-order chi connectivity index (χ0) is 10.2. The van der Waals surface area contributed by atoms with Gasteiger partial charge in [-0.15, -0.1) is 0 Å². The summed E-state index contributed by atoms with van der Waals surface area (Å²) in [6, 6.07) is 8.52. The third-order valence-corrected chi connectivity index (χ3v) is 3.19. The van der Waals surface area contributed by atoms with E-state index in [0.717, 1.165) is 12.8 Å². The van der Waals surface area contributed by atoms with Gasteiger partial charge in [0.1, 0.15) is 0 Å². The van der Waals surface area contributed by atoms with Crippen LogP contribution in [-0.2, 0) is 12.8 Å². The number of hydrogen-bond donors (Lipinski definition) is 2. The second-order valence-electron chi connectivity index (χ2n) is 4.35.